The maximum atomic E-state index is 12.7. The van der Waals surface area contributed by atoms with Crippen LogP contribution in [0.2, 0.25) is 0 Å². The van der Waals surface area contributed by atoms with Gasteiger partial charge in [-0.25, -0.2) is 0 Å². The van der Waals surface area contributed by atoms with E-state index in [0.717, 1.165) is 10.5 Å². The van der Waals surface area contributed by atoms with Crippen molar-refractivity contribution >= 4 is 29.0 Å². The summed E-state index contributed by atoms with van der Waals surface area (Å²) in [6, 6.07) is 8.95. The molecule has 158 valence electrons. The van der Waals surface area contributed by atoms with E-state index in [1.54, 1.807) is 6.07 Å². The molecule has 0 saturated carbocycles. The molecule has 1 aliphatic rings. The normalized spacial score (nSPS) is 12.8. The summed E-state index contributed by atoms with van der Waals surface area (Å²) in [5.41, 5.74) is 1.94. The van der Waals surface area contributed by atoms with Crippen LogP contribution >= 0.6 is 0 Å². The lowest BCUT2D eigenvalue weighted by Crippen LogP contribution is -2.37. The van der Waals surface area contributed by atoms with Gasteiger partial charge in [-0.1, -0.05) is 32.0 Å². The standard InChI is InChI=1S/C22H24N2O6/c1-12(2)13-8-6-7-9-14(13)23-17(25)11-24-15-10-16(28-3)20(29-4)21(30-5)18(15)19(26)22(24)27/h6-10,12H,11H2,1-5H3,(H,23,25). The van der Waals surface area contributed by atoms with Crippen LogP contribution in [0.1, 0.15) is 35.7 Å². The quantitative estimate of drug-likeness (QED) is 0.703. The van der Waals surface area contributed by atoms with Gasteiger partial charge in [-0.05, 0) is 17.5 Å². The van der Waals surface area contributed by atoms with Crippen molar-refractivity contribution in [1.82, 2.24) is 0 Å². The Labute approximate surface area is 174 Å². The van der Waals surface area contributed by atoms with E-state index in [1.165, 1.54) is 27.4 Å². The molecule has 0 saturated heterocycles. The summed E-state index contributed by atoms with van der Waals surface area (Å²) >= 11 is 0. The van der Waals surface area contributed by atoms with Gasteiger partial charge >= 0.3 is 0 Å². The fourth-order valence-electron chi connectivity index (χ4n) is 3.52. The van der Waals surface area contributed by atoms with Gasteiger partial charge in [-0.2, -0.15) is 0 Å². The van der Waals surface area contributed by atoms with Crippen LogP contribution < -0.4 is 24.4 Å². The Balaban J connectivity index is 1.95. The molecule has 2 aromatic carbocycles. The van der Waals surface area contributed by atoms with E-state index in [9.17, 15) is 14.4 Å². The number of Topliss-reactive ketones (excluding diaryl/α,β-unsaturated/α-hetero) is 1. The molecule has 0 aliphatic carbocycles. The first-order chi connectivity index (χ1) is 14.3. The molecule has 30 heavy (non-hydrogen) atoms. The van der Waals surface area contributed by atoms with Crippen molar-refractivity contribution in [1.29, 1.82) is 0 Å². The molecule has 8 heteroatoms. The third-order valence-corrected chi connectivity index (χ3v) is 4.93. The average Bonchev–Trinajstić information content (AvgIpc) is 2.96. The Morgan fingerprint density at radius 3 is 2.30 bits per heavy atom. The fourth-order valence-corrected chi connectivity index (χ4v) is 3.52. The van der Waals surface area contributed by atoms with Gasteiger partial charge in [0, 0.05) is 11.8 Å². The SMILES string of the molecule is COc1cc2c(c(OC)c1OC)C(=O)C(=O)N2CC(=O)Nc1ccccc1C(C)C. The van der Waals surface area contributed by atoms with E-state index in [4.69, 9.17) is 14.2 Å². The molecule has 8 nitrogen and oxygen atoms in total. The number of para-hydroxylation sites is 1. The molecule has 0 bridgehead atoms. The lowest BCUT2D eigenvalue weighted by Gasteiger charge is -2.20. The summed E-state index contributed by atoms with van der Waals surface area (Å²) in [5, 5.41) is 2.83. The molecule has 0 atom stereocenters. The van der Waals surface area contributed by atoms with Gasteiger partial charge in [0.1, 0.15) is 6.54 Å². The minimum atomic E-state index is -0.814. The van der Waals surface area contributed by atoms with Crippen molar-refractivity contribution in [3.8, 4) is 17.2 Å². The van der Waals surface area contributed by atoms with Gasteiger partial charge in [-0.3, -0.25) is 19.3 Å². The molecule has 1 N–H and O–H groups in total. The summed E-state index contributed by atoms with van der Waals surface area (Å²) in [6.45, 7) is 3.72. The number of anilines is 2. The topological polar surface area (TPSA) is 94.2 Å². The summed E-state index contributed by atoms with van der Waals surface area (Å²) in [4.78, 5) is 39.1. The van der Waals surface area contributed by atoms with Crippen LogP contribution in [0.4, 0.5) is 11.4 Å². The highest BCUT2D eigenvalue weighted by Crippen LogP contribution is 2.48. The molecule has 1 heterocycles. The number of carbonyl (C=O) groups is 3. The number of fused-ring (bicyclic) bond motifs is 1. The van der Waals surface area contributed by atoms with E-state index < -0.39 is 17.6 Å². The first-order valence-electron chi connectivity index (χ1n) is 9.41. The van der Waals surface area contributed by atoms with Crippen LogP contribution in [0, 0.1) is 0 Å². The van der Waals surface area contributed by atoms with Gasteiger partial charge in [-0.15, -0.1) is 0 Å². The number of hydrogen-bond donors (Lipinski definition) is 1. The Morgan fingerprint density at radius 2 is 1.70 bits per heavy atom. The molecule has 1 aliphatic heterocycles. The molecule has 0 fully saturated rings. The van der Waals surface area contributed by atoms with Crippen LogP contribution in [0.3, 0.4) is 0 Å². The summed E-state index contributed by atoms with van der Waals surface area (Å²) in [6.07, 6.45) is 0. The molecule has 2 aromatic rings. The monoisotopic (exact) mass is 412 g/mol. The highest BCUT2D eigenvalue weighted by atomic mass is 16.5. The second-order valence-corrected chi connectivity index (χ2v) is 7.05. The molecule has 0 aromatic heterocycles. The second kappa shape index (κ2) is 8.44. The molecule has 2 amide bonds. The van der Waals surface area contributed by atoms with Crippen molar-refractivity contribution in [3.05, 3.63) is 41.5 Å². The fraction of sp³-hybridized carbons (Fsp3) is 0.318. The number of carbonyl (C=O) groups excluding carboxylic acids is 3. The third-order valence-electron chi connectivity index (χ3n) is 4.93. The number of nitrogens with zero attached hydrogens (tertiary/aromatic N) is 1. The number of rotatable bonds is 7. The highest BCUT2D eigenvalue weighted by molar-refractivity contribution is 6.53. The van der Waals surface area contributed by atoms with Crippen LogP contribution in [-0.4, -0.2) is 45.5 Å². The Bertz CT molecular complexity index is 1010. The summed E-state index contributed by atoms with van der Waals surface area (Å²) in [5.74, 6) is -1.21. The molecular formula is C22H24N2O6. The lowest BCUT2D eigenvalue weighted by molar-refractivity contribution is -0.118. The minimum Gasteiger partial charge on any atom is -0.493 e. The van der Waals surface area contributed by atoms with Gasteiger partial charge in [0.05, 0.1) is 32.6 Å². The lowest BCUT2D eigenvalue weighted by atomic mass is 10.0. The molecule has 3 rings (SSSR count). The number of hydrogen-bond acceptors (Lipinski definition) is 6. The minimum absolute atomic E-state index is 0.0514. The van der Waals surface area contributed by atoms with Gasteiger partial charge < -0.3 is 19.5 Å². The maximum Gasteiger partial charge on any atom is 0.300 e. The number of ether oxygens (including phenoxy) is 3. The Morgan fingerprint density at radius 1 is 1.03 bits per heavy atom. The zero-order valence-electron chi connectivity index (χ0n) is 17.6. The maximum absolute atomic E-state index is 12.7. The number of methoxy groups -OCH3 is 3. The number of ketones is 1. The van der Waals surface area contributed by atoms with Crippen LogP contribution in [0.15, 0.2) is 30.3 Å². The van der Waals surface area contributed by atoms with Crippen molar-refractivity contribution in [2.24, 2.45) is 0 Å². The number of nitrogens with one attached hydrogen (secondary N) is 1. The number of amides is 2. The van der Waals surface area contributed by atoms with E-state index in [1.807, 2.05) is 32.0 Å². The Kier molecular flexibility index (Phi) is 5.96. The first kappa shape index (κ1) is 21.2. The van der Waals surface area contributed by atoms with E-state index in [0.29, 0.717) is 5.69 Å². The van der Waals surface area contributed by atoms with Gasteiger partial charge in [0.25, 0.3) is 11.7 Å². The second-order valence-electron chi connectivity index (χ2n) is 7.05. The molecule has 0 spiro atoms. The van der Waals surface area contributed by atoms with Crippen LogP contribution in [0.5, 0.6) is 17.2 Å². The third kappa shape index (κ3) is 3.56. The predicted molar refractivity (Wildman–Crippen MR) is 112 cm³/mol. The van der Waals surface area contributed by atoms with E-state index >= 15 is 0 Å². The highest BCUT2D eigenvalue weighted by Gasteiger charge is 2.42. The van der Waals surface area contributed by atoms with Gasteiger partial charge in [0.15, 0.2) is 11.5 Å². The van der Waals surface area contributed by atoms with Crippen molar-refractivity contribution in [3.63, 3.8) is 0 Å². The Hall–Kier alpha value is -3.55. The number of benzene rings is 2. The van der Waals surface area contributed by atoms with Crippen LogP contribution in [-0.2, 0) is 9.59 Å². The predicted octanol–water partition coefficient (Wildman–Crippen LogP) is 3.00. The zero-order chi connectivity index (χ0) is 22.0. The van der Waals surface area contributed by atoms with Crippen molar-refractivity contribution < 1.29 is 28.6 Å². The largest absolute Gasteiger partial charge is 0.493 e. The summed E-state index contributed by atoms with van der Waals surface area (Å²) < 4.78 is 15.9. The summed E-state index contributed by atoms with van der Waals surface area (Å²) in [7, 11) is 4.21. The average molecular weight is 412 g/mol. The molecular weight excluding hydrogens is 388 g/mol. The zero-order valence-corrected chi connectivity index (χ0v) is 17.6. The van der Waals surface area contributed by atoms with Gasteiger partial charge in [0.2, 0.25) is 11.7 Å². The smallest absolute Gasteiger partial charge is 0.300 e. The molecule has 0 unspecified atom stereocenters. The van der Waals surface area contributed by atoms with E-state index in [-0.39, 0.29) is 41.0 Å². The molecule has 0 radical (unpaired) electrons. The van der Waals surface area contributed by atoms with Crippen molar-refractivity contribution in [2.45, 2.75) is 19.8 Å². The van der Waals surface area contributed by atoms with Crippen molar-refractivity contribution in [2.75, 3.05) is 38.1 Å². The van der Waals surface area contributed by atoms with Crippen LogP contribution in [0.25, 0.3) is 0 Å². The first-order valence-corrected chi connectivity index (χ1v) is 9.41. The van der Waals surface area contributed by atoms with E-state index in [2.05, 4.69) is 5.32 Å².